The lowest BCUT2D eigenvalue weighted by Gasteiger charge is -2.38. The number of hydrogen-bond donors (Lipinski definition) is 0. The minimum atomic E-state index is 0.791. The summed E-state index contributed by atoms with van der Waals surface area (Å²) >= 11 is 0. The highest BCUT2D eigenvalue weighted by Gasteiger charge is 2.29. The Labute approximate surface area is 77.1 Å². The molecule has 0 aromatic carbocycles. The maximum absolute atomic E-state index is 2.48. The van der Waals surface area contributed by atoms with E-state index in [1.807, 2.05) is 0 Å². The van der Waals surface area contributed by atoms with Gasteiger partial charge in [0, 0.05) is 6.04 Å². The topological polar surface area (TPSA) is 3.24 Å². The van der Waals surface area contributed by atoms with E-state index in [-0.39, 0.29) is 0 Å². The van der Waals surface area contributed by atoms with E-state index in [0.29, 0.717) is 0 Å². The molecule has 0 aliphatic heterocycles. The highest BCUT2D eigenvalue weighted by atomic mass is 15.1. The van der Waals surface area contributed by atoms with Crippen molar-refractivity contribution >= 4 is 0 Å². The van der Waals surface area contributed by atoms with E-state index in [9.17, 15) is 0 Å². The Morgan fingerprint density at radius 3 is 2.25 bits per heavy atom. The number of hydrogen-bond acceptors (Lipinski definition) is 1. The molecule has 2 atom stereocenters. The van der Waals surface area contributed by atoms with Crippen molar-refractivity contribution < 1.29 is 0 Å². The fourth-order valence-electron chi connectivity index (χ4n) is 1.96. The standard InChI is InChI=1S/C11H22N/c1-9(2)8-11(12(3)4)10-6-5-7-10/h6,9-11H,5,7-8H2,1-4H3. The Morgan fingerprint density at radius 1 is 1.42 bits per heavy atom. The van der Waals surface area contributed by atoms with E-state index in [1.54, 1.807) is 0 Å². The first-order valence-electron chi connectivity index (χ1n) is 5.11. The maximum Gasteiger partial charge on any atom is 0.0123 e. The third kappa shape index (κ3) is 2.48. The van der Waals surface area contributed by atoms with Gasteiger partial charge in [0.15, 0.2) is 0 Å². The smallest absolute Gasteiger partial charge is 0.0123 e. The molecule has 1 heteroatoms. The quantitative estimate of drug-likeness (QED) is 0.623. The number of rotatable bonds is 4. The largest absolute Gasteiger partial charge is 0.306 e. The zero-order chi connectivity index (χ0) is 9.14. The molecule has 71 valence electrons. The van der Waals surface area contributed by atoms with E-state index in [0.717, 1.165) is 17.9 Å². The van der Waals surface area contributed by atoms with Gasteiger partial charge in [0.2, 0.25) is 0 Å². The van der Waals surface area contributed by atoms with Crippen LogP contribution in [0.5, 0.6) is 0 Å². The predicted octanol–water partition coefficient (Wildman–Crippen LogP) is 2.58. The summed E-state index contributed by atoms with van der Waals surface area (Å²) in [5.74, 6) is 1.70. The molecule has 0 saturated heterocycles. The third-order valence-electron chi connectivity index (χ3n) is 2.84. The van der Waals surface area contributed by atoms with Crippen molar-refractivity contribution in [3.05, 3.63) is 6.42 Å². The Balaban J connectivity index is 2.37. The van der Waals surface area contributed by atoms with Gasteiger partial charge in [-0.25, -0.2) is 0 Å². The molecule has 1 radical (unpaired) electrons. The summed E-state index contributed by atoms with van der Waals surface area (Å²) in [6.45, 7) is 4.63. The Kier molecular flexibility index (Phi) is 3.57. The molecule has 0 bridgehead atoms. The summed E-state index contributed by atoms with van der Waals surface area (Å²) in [7, 11) is 4.42. The van der Waals surface area contributed by atoms with E-state index >= 15 is 0 Å². The zero-order valence-corrected chi connectivity index (χ0v) is 8.88. The van der Waals surface area contributed by atoms with Crippen LogP contribution in [0.4, 0.5) is 0 Å². The Bertz CT molecular complexity index is 125. The minimum absolute atomic E-state index is 0.791. The monoisotopic (exact) mass is 168 g/mol. The molecular weight excluding hydrogens is 146 g/mol. The second-order valence-corrected chi connectivity index (χ2v) is 4.64. The van der Waals surface area contributed by atoms with Crippen LogP contribution in [0.2, 0.25) is 0 Å². The van der Waals surface area contributed by atoms with Crippen LogP contribution in [0.1, 0.15) is 33.1 Å². The molecule has 0 N–H and O–H groups in total. The average molecular weight is 168 g/mol. The first-order valence-corrected chi connectivity index (χ1v) is 5.11. The molecule has 1 aliphatic carbocycles. The van der Waals surface area contributed by atoms with Crippen molar-refractivity contribution in [3.63, 3.8) is 0 Å². The SMILES string of the molecule is CC(C)CC(C1[CH]CC1)N(C)C. The van der Waals surface area contributed by atoms with Gasteiger partial charge >= 0.3 is 0 Å². The maximum atomic E-state index is 2.48. The molecule has 0 aromatic rings. The second kappa shape index (κ2) is 4.27. The van der Waals surface area contributed by atoms with E-state index in [4.69, 9.17) is 0 Å². The highest BCUT2D eigenvalue weighted by Crippen LogP contribution is 2.33. The van der Waals surface area contributed by atoms with E-state index < -0.39 is 0 Å². The molecule has 1 nitrogen and oxygen atoms in total. The van der Waals surface area contributed by atoms with Crippen LogP contribution in [-0.2, 0) is 0 Å². The highest BCUT2D eigenvalue weighted by molar-refractivity contribution is 4.95. The van der Waals surface area contributed by atoms with Crippen LogP contribution >= 0.6 is 0 Å². The van der Waals surface area contributed by atoms with Crippen molar-refractivity contribution in [3.8, 4) is 0 Å². The lowest BCUT2D eigenvalue weighted by molar-refractivity contribution is 0.162. The summed E-state index contributed by atoms with van der Waals surface area (Å²) in [5.41, 5.74) is 0. The predicted molar refractivity (Wildman–Crippen MR) is 54.0 cm³/mol. The van der Waals surface area contributed by atoms with Crippen molar-refractivity contribution in [2.75, 3.05) is 14.1 Å². The fourth-order valence-corrected chi connectivity index (χ4v) is 1.96. The average Bonchev–Trinajstić information content (AvgIpc) is 1.80. The van der Waals surface area contributed by atoms with Gasteiger partial charge in [-0.2, -0.15) is 0 Å². The van der Waals surface area contributed by atoms with Gasteiger partial charge in [0.05, 0.1) is 0 Å². The molecule has 1 rings (SSSR count). The van der Waals surface area contributed by atoms with Crippen molar-refractivity contribution in [2.45, 2.75) is 39.2 Å². The lowest BCUT2D eigenvalue weighted by atomic mass is 9.76. The van der Waals surface area contributed by atoms with E-state index in [1.165, 1.54) is 19.3 Å². The fraction of sp³-hybridized carbons (Fsp3) is 0.909. The normalized spacial score (nSPS) is 21.5. The molecule has 12 heavy (non-hydrogen) atoms. The summed E-state index contributed by atoms with van der Waals surface area (Å²) in [6, 6.07) is 0.791. The van der Waals surface area contributed by atoms with Crippen LogP contribution in [0.3, 0.4) is 0 Å². The van der Waals surface area contributed by atoms with Gasteiger partial charge < -0.3 is 4.90 Å². The summed E-state index contributed by atoms with van der Waals surface area (Å²) in [4.78, 5) is 2.39. The minimum Gasteiger partial charge on any atom is -0.306 e. The molecule has 1 saturated carbocycles. The van der Waals surface area contributed by atoms with Crippen LogP contribution in [0.25, 0.3) is 0 Å². The van der Waals surface area contributed by atoms with Crippen molar-refractivity contribution in [2.24, 2.45) is 11.8 Å². The first-order chi connectivity index (χ1) is 5.61. The molecule has 1 fully saturated rings. The van der Waals surface area contributed by atoms with Gasteiger partial charge in [0.1, 0.15) is 0 Å². The van der Waals surface area contributed by atoms with Crippen LogP contribution in [-0.4, -0.2) is 25.0 Å². The van der Waals surface area contributed by atoms with Crippen molar-refractivity contribution in [1.29, 1.82) is 0 Å². The third-order valence-corrected chi connectivity index (χ3v) is 2.84. The first kappa shape index (κ1) is 10.0. The molecule has 0 spiro atoms. The Hall–Kier alpha value is -0.0400. The molecule has 1 aliphatic rings. The summed E-state index contributed by atoms with van der Waals surface area (Å²) < 4.78 is 0. The van der Waals surface area contributed by atoms with Crippen LogP contribution < -0.4 is 0 Å². The lowest BCUT2D eigenvalue weighted by Crippen LogP contribution is -2.39. The molecule has 0 aromatic heterocycles. The molecule has 0 amide bonds. The summed E-state index contributed by atoms with van der Waals surface area (Å²) in [5, 5.41) is 0. The Morgan fingerprint density at radius 2 is 2.00 bits per heavy atom. The van der Waals surface area contributed by atoms with Crippen molar-refractivity contribution in [1.82, 2.24) is 4.90 Å². The second-order valence-electron chi connectivity index (χ2n) is 4.64. The van der Waals surface area contributed by atoms with Gasteiger partial charge in [-0.15, -0.1) is 0 Å². The van der Waals surface area contributed by atoms with Gasteiger partial charge in [-0.05, 0) is 51.6 Å². The molecule has 0 heterocycles. The van der Waals surface area contributed by atoms with Gasteiger partial charge in [-0.3, -0.25) is 0 Å². The molecular formula is C11H22N. The summed E-state index contributed by atoms with van der Waals surface area (Å²) in [6.07, 6.45) is 6.57. The van der Waals surface area contributed by atoms with Gasteiger partial charge in [-0.1, -0.05) is 13.8 Å². The van der Waals surface area contributed by atoms with Crippen LogP contribution in [0.15, 0.2) is 0 Å². The number of nitrogens with zero attached hydrogens (tertiary/aromatic N) is 1. The van der Waals surface area contributed by atoms with E-state index in [2.05, 4.69) is 39.3 Å². The van der Waals surface area contributed by atoms with Gasteiger partial charge in [0.25, 0.3) is 0 Å². The van der Waals surface area contributed by atoms with Crippen LogP contribution in [0, 0.1) is 18.3 Å². The molecule has 2 unspecified atom stereocenters. The zero-order valence-electron chi connectivity index (χ0n) is 8.88.